The molecule has 0 aliphatic heterocycles. The molecule has 1 atom stereocenters. The monoisotopic (exact) mass is 147 g/mol. The summed E-state index contributed by atoms with van der Waals surface area (Å²) in [6.45, 7) is 1.99. The molecule has 0 spiro atoms. The Balaban J connectivity index is 3.72. The van der Waals surface area contributed by atoms with Crippen LogP contribution in [0, 0.1) is 0 Å². The van der Waals surface area contributed by atoms with Gasteiger partial charge in [-0.3, -0.25) is 0 Å². The third kappa shape index (κ3) is 2.62. The topological polar surface area (TPSA) is 55.3 Å². The molecule has 54 valence electrons. The molecular formula is C5H13N3S. The number of nitrogens with two attached hydrogens (primary N) is 2. The van der Waals surface area contributed by atoms with E-state index in [4.69, 9.17) is 11.5 Å². The molecule has 0 aromatic rings. The van der Waals surface area contributed by atoms with Crippen LogP contribution in [-0.4, -0.2) is 23.2 Å². The van der Waals surface area contributed by atoms with Crippen molar-refractivity contribution < 1.29 is 0 Å². The largest absolute Gasteiger partial charge is 0.376 e. The van der Waals surface area contributed by atoms with E-state index in [9.17, 15) is 0 Å². The first kappa shape index (κ1) is 8.65. The minimum Gasteiger partial charge on any atom is -0.376 e. The fraction of sp³-hybridized carbons (Fsp3) is 0.800. The summed E-state index contributed by atoms with van der Waals surface area (Å²) < 4.78 is 0. The second kappa shape index (κ2) is 3.63. The van der Waals surface area contributed by atoms with Crippen molar-refractivity contribution in [1.29, 1.82) is 0 Å². The Bertz CT molecular complexity index is 104. The molecule has 0 aliphatic carbocycles. The fourth-order valence-electron chi connectivity index (χ4n) is 0.437. The highest BCUT2D eigenvalue weighted by Gasteiger charge is 2.05. The molecule has 0 fully saturated rings. The number of nitrogens with zero attached hydrogens (tertiary/aromatic N) is 1. The van der Waals surface area contributed by atoms with Gasteiger partial charge in [0.2, 0.25) is 0 Å². The van der Waals surface area contributed by atoms with E-state index in [0.29, 0.717) is 5.11 Å². The highest BCUT2D eigenvalue weighted by Crippen LogP contribution is 1.91. The van der Waals surface area contributed by atoms with Crippen molar-refractivity contribution >= 4 is 17.3 Å². The normalized spacial score (nSPS) is 12.8. The Morgan fingerprint density at radius 2 is 2.22 bits per heavy atom. The van der Waals surface area contributed by atoms with Crippen LogP contribution in [0.15, 0.2) is 0 Å². The van der Waals surface area contributed by atoms with Crippen LogP contribution < -0.4 is 11.5 Å². The molecule has 0 saturated carbocycles. The summed E-state index contributed by atoms with van der Waals surface area (Å²) in [4.78, 5) is 1.68. The average molecular weight is 147 g/mol. The standard InChI is InChI=1S/C5H13N3S/c1-3-4(6)8(2)5(7)9/h4H,3,6H2,1-2H3,(H2,7,9). The van der Waals surface area contributed by atoms with E-state index >= 15 is 0 Å². The van der Waals surface area contributed by atoms with Crippen LogP contribution >= 0.6 is 12.2 Å². The van der Waals surface area contributed by atoms with E-state index in [1.165, 1.54) is 0 Å². The number of rotatable bonds is 2. The molecule has 0 aromatic carbocycles. The molecule has 4 heteroatoms. The van der Waals surface area contributed by atoms with Crippen molar-refractivity contribution in [1.82, 2.24) is 4.90 Å². The van der Waals surface area contributed by atoms with E-state index in [1.807, 2.05) is 6.92 Å². The summed E-state index contributed by atoms with van der Waals surface area (Å²) in [5.74, 6) is 0. The first-order valence-electron chi connectivity index (χ1n) is 2.87. The smallest absolute Gasteiger partial charge is 0.167 e. The van der Waals surface area contributed by atoms with Gasteiger partial charge in [-0.15, -0.1) is 0 Å². The lowest BCUT2D eigenvalue weighted by atomic mass is 10.4. The Morgan fingerprint density at radius 1 is 1.78 bits per heavy atom. The van der Waals surface area contributed by atoms with Crippen LogP contribution in [0.4, 0.5) is 0 Å². The summed E-state index contributed by atoms with van der Waals surface area (Å²) in [5, 5.41) is 0.351. The maximum absolute atomic E-state index is 5.58. The van der Waals surface area contributed by atoms with Gasteiger partial charge in [-0.2, -0.15) is 0 Å². The van der Waals surface area contributed by atoms with Crippen LogP contribution in [-0.2, 0) is 0 Å². The maximum atomic E-state index is 5.58. The Hall–Kier alpha value is -0.350. The second-order valence-corrected chi connectivity index (χ2v) is 2.34. The van der Waals surface area contributed by atoms with Crippen LogP contribution in [0.1, 0.15) is 13.3 Å². The highest BCUT2D eigenvalue weighted by molar-refractivity contribution is 7.80. The summed E-state index contributed by atoms with van der Waals surface area (Å²) >= 11 is 4.68. The van der Waals surface area contributed by atoms with Gasteiger partial charge in [-0.1, -0.05) is 6.92 Å². The second-order valence-electron chi connectivity index (χ2n) is 1.92. The molecule has 0 aliphatic rings. The van der Waals surface area contributed by atoms with Crippen LogP contribution in [0.25, 0.3) is 0 Å². The van der Waals surface area contributed by atoms with Crippen molar-refractivity contribution in [3.63, 3.8) is 0 Å². The first-order valence-corrected chi connectivity index (χ1v) is 3.28. The van der Waals surface area contributed by atoms with Gasteiger partial charge in [0.05, 0.1) is 6.17 Å². The predicted octanol–water partition coefficient (Wildman–Crippen LogP) is -0.143. The van der Waals surface area contributed by atoms with Crippen molar-refractivity contribution in [3.8, 4) is 0 Å². The average Bonchev–Trinajstić information content (AvgIpc) is 1.84. The zero-order valence-corrected chi connectivity index (χ0v) is 6.61. The lowest BCUT2D eigenvalue weighted by molar-refractivity contribution is 0.367. The number of thiocarbonyl (C=S) groups is 1. The minimum absolute atomic E-state index is 0.0394. The minimum atomic E-state index is -0.0394. The van der Waals surface area contributed by atoms with E-state index in [0.717, 1.165) is 6.42 Å². The van der Waals surface area contributed by atoms with Gasteiger partial charge in [0.15, 0.2) is 5.11 Å². The van der Waals surface area contributed by atoms with Crippen molar-refractivity contribution in [2.75, 3.05) is 7.05 Å². The molecule has 1 unspecified atom stereocenters. The maximum Gasteiger partial charge on any atom is 0.167 e. The summed E-state index contributed by atoms with van der Waals surface area (Å²) in [5.41, 5.74) is 10.9. The molecule has 0 aromatic heterocycles. The zero-order valence-electron chi connectivity index (χ0n) is 5.79. The third-order valence-electron chi connectivity index (χ3n) is 1.26. The molecule has 0 radical (unpaired) electrons. The SMILES string of the molecule is CCC(N)N(C)C(N)=S. The molecule has 0 saturated heterocycles. The van der Waals surface area contributed by atoms with Gasteiger partial charge in [0, 0.05) is 7.05 Å². The van der Waals surface area contributed by atoms with E-state index in [1.54, 1.807) is 11.9 Å². The lowest BCUT2D eigenvalue weighted by Gasteiger charge is -2.23. The molecule has 0 rings (SSSR count). The molecule has 0 bridgehead atoms. The van der Waals surface area contributed by atoms with Gasteiger partial charge in [0.25, 0.3) is 0 Å². The summed E-state index contributed by atoms with van der Waals surface area (Å²) in [7, 11) is 1.79. The molecular weight excluding hydrogens is 134 g/mol. The molecule has 0 heterocycles. The lowest BCUT2D eigenvalue weighted by Crippen LogP contribution is -2.45. The van der Waals surface area contributed by atoms with Gasteiger partial charge in [-0.05, 0) is 18.6 Å². The van der Waals surface area contributed by atoms with Crippen LogP contribution in [0.3, 0.4) is 0 Å². The van der Waals surface area contributed by atoms with E-state index < -0.39 is 0 Å². The zero-order chi connectivity index (χ0) is 7.44. The first-order chi connectivity index (χ1) is 4.09. The molecule has 9 heavy (non-hydrogen) atoms. The fourth-order valence-corrected chi connectivity index (χ4v) is 0.573. The summed E-state index contributed by atoms with van der Waals surface area (Å²) in [6.07, 6.45) is 0.816. The summed E-state index contributed by atoms with van der Waals surface area (Å²) in [6, 6.07) is 0. The predicted molar refractivity (Wildman–Crippen MR) is 42.8 cm³/mol. The van der Waals surface area contributed by atoms with Gasteiger partial charge < -0.3 is 16.4 Å². The van der Waals surface area contributed by atoms with Gasteiger partial charge in [-0.25, -0.2) is 0 Å². The molecule has 3 nitrogen and oxygen atoms in total. The number of hydrogen-bond donors (Lipinski definition) is 2. The van der Waals surface area contributed by atoms with Crippen molar-refractivity contribution in [2.45, 2.75) is 19.5 Å². The van der Waals surface area contributed by atoms with Crippen molar-refractivity contribution in [3.05, 3.63) is 0 Å². The Labute approximate surface area is 61.0 Å². The Morgan fingerprint density at radius 3 is 2.33 bits per heavy atom. The van der Waals surface area contributed by atoms with Crippen LogP contribution in [0.2, 0.25) is 0 Å². The van der Waals surface area contributed by atoms with Crippen LogP contribution in [0.5, 0.6) is 0 Å². The third-order valence-corrected chi connectivity index (χ3v) is 1.55. The Kier molecular flexibility index (Phi) is 3.49. The number of hydrogen-bond acceptors (Lipinski definition) is 2. The molecule has 0 amide bonds. The van der Waals surface area contributed by atoms with Gasteiger partial charge in [0.1, 0.15) is 0 Å². The van der Waals surface area contributed by atoms with E-state index in [-0.39, 0.29) is 6.17 Å². The van der Waals surface area contributed by atoms with Crippen molar-refractivity contribution in [2.24, 2.45) is 11.5 Å². The molecule has 4 N–H and O–H groups in total. The van der Waals surface area contributed by atoms with E-state index in [2.05, 4.69) is 12.2 Å². The quantitative estimate of drug-likeness (QED) is 0.421. The highest BCUT2D eigenvalue weighted by atomic mass is 32.1. The van der Waals surface area contributed by atoms with Gasteiger partial charge >= 0.3 is 0 Å².